The van der Waals surface area contributed by atoms with Crippen LogP contribution in [-0.2, 0) is 0 Å². The van der Waals surface area contributed by atoms with E-state index in [1.165, 1.54) is 38.5 Å². The van der Waals surface area contributed by atoms with E-state index in [9.17, 15) is 5.11 Å². The van der Waals surface area contributed by atoms with E-state index in [0.717, 1.165) is 18.5 Å². The van der Waals surface area contributed by atoms with Crippen LogP contribution in [0.25, 0.3) is 0 Å². The second-order valence-corrected chi connectivity index (χ2v) is 7.23. The molecule has 0 radical (unpaired) electrons. The molecular formula is C15H29NO. The van der Waals surface area contributed by atoms with Crippen molar-refractivity contribution in [1.29, 1.82) is 0 Å². The van der Waals surface area contributed by atoms with Gasteiger partial charge >= 0.3 is 0 Å². The van der Waals surface area contributed by atoms with E-state index in [4.69, 9.17) is 0 Å². The van der Waals surface area contributed by atoms with Gasteiger partial charge in [0, 0.05) is 12.6 Å². The van der Waals surface area contributed by atoms with Gasteiger partial charge in [-0.1, -0.05) is 20.8 Å². The fraction of sp³-hybridized carbons (Fsp3) is 1.00. The molecule has 2 N–H and O–H groups in total. The van der Waals surface area contributed by atoms with Gasteiger partial charge in [-0.3, -0.25) is 0 Å². The van der Waals surface area contributed by atoms with Gasteiger partial charge < -0.3 is 10.4 Å². The molecule has 0 aromatic rings. The fourth-order valence-corrected chi connectivity index (χ4v) is 3.11. The van der Waals surface area contributed by atoms with E-state index in [0.29, 0.717) is 11.3 Å². The molecule has 0 heterocycles. The molecule has 0 spiro atoms. The molecule has 0 amide bonds. The van der Waals surface area contributed by atoms with Gasteiger partial charge in [0.05, 0.1) is 6.10 Å². The van der Waals surface area contributed by atoms with Crippen molar-refractivity contribution in [2.24, 2.45) is 17.3 Å². The van der Waals surface area contributed by atoms with E-state index in [-0.39, 0.29) is 6.10 Å². The van der Waals surface area contributed by atoms with E-state index < -0.39 is 0 Å². The minimum Gasteiger partial charge on any atom is -0.392 e. The lowest BCUT2D eigenvalue weighted by atomic mass is 9.69. The zero-order valence-corrected chi connectivity index (χ0v) is 11.7. The van der Waals surface area contributed by atoms with Crippen molar-refractivity contribution in [3.05, 3.63) is 0 Å². The molecule has 17 heavy (non-hydrogen) atoms. The summed E-state index contributed by atoms with van der Waals surface area (Å²) in [7, 11) is 0. The maximum absolute atomic E-state index is 10.2. The molecule has 2 rings (SSSR count). The van der Waals surface area contributed by atoms with Crippen LogP contribution in [0.3, 0.4) is 0 Å². The summed E-state index contributed by atoms with van der Waals surface area (Å²) in [6, 6.07) is 0.718. The van der Waals surface area contributed by atoms with Crippen LogP contribution in [0.5, 0.6) is 0 Å². The van der Waals surface area contributed by atoms with Gasteiger partial charge in [-0.2, -0.15) is 0 Å². The first kappa shape index (κ1) is 13.4. The number of nitrogens with one attached hydrogen (secondary N) is 1. The zero-order valence-electron chi connectivity index (χ0n) is 11.7. The van der Waals surface area contributed by atoms with Crippen LogP contribution in [0, 0.1) is 17.3 Å². The molecule has 1 unspecified atom stereocenters. The summed E-state index contributed by atoms with van der Waals surface area (Å²) in [5, 5.41) is 13.6. The molecule has 2 aliphatic rings. The van der Waals surface area contributed by atoms with Gasteiger partial charge in [-0.25, -0.2) is 0 Å². The number of hydrogen-bond acceptors (Lipinski definition) is 2. The summed E-state index contributed by atoms with van der Waals surface area (Å²) in [6.45, 7) is 7.87. The number of rotatable bonds is 4. The highest BCUT2D eigenvalue weighted by molar-refractivity contribution is 4.86. The lowest BCUT2D eigenvalue weighted by Gasteiger charge is -2.38. The quantitative estimate of drug-likeness (QED) is 0.790. The van der Waals surface area contributed by atoms with Crippen molar-refractivity contribution in [3.8, 4) is 0 Å². The van der Waals surface area contributed by atoms with Crippen LogP contribution < -0.4 is 5.32 Å². The van der Waals surface area contributed by atoms with Crippen LogP contribution in [0.4, 0.5) is 0 Å². The average Bonchev–Trinajstić information content (AvgIpc) is 3.09. The van der Waals surface area contributed by atoms with Crippen LogP contribution in [0.2, 0.25) is 0 Å². The van der Waals surface area contributed by atoms with Crippen molar-refractivity contribution in [1.82, 2.24) is 5.32 Å². The Bertz CT molecular complexity index is 234. The second-order valence-electron chi connectivity index (χ2n) is 7.23. The van der Waals surface area contributed by atoms with Gasteiger partial charge in [-0.05, 0) is 55.8 Å². The third-order valence-electron chi connectivity index (χ3n) is 4.73. The minimum atomic E-state index is -0.114. The topological polar surface area (TPSA) is 32.3 Å². The van der Waals surface area contributed by atoms with E-state index in [2.05, 4.69) is 26.1 Å². The lowest BCUT2D eigenvalue weighted by molar-refractivity contribution is 0.0532. The Morgan fingerprint density at radius 2 is 1.65 bits per heavy atom. The Morgan fingerprint density at radius 1 is 1.06 bits per heavy atom. The number of hydrogen-bond donors (Lipinski definition) is 2. The molecule has 0 aromatic heterocycles. The maximum Gasteiger partial charge on any atom is 0.0692 e. The van der Waals surface area contributed by atoms with Crippen LogP contribution in [0.1, 0.15) is 59.3 Å². The van der Waals surface area contributed by atoms with Crippen molar-refractivity contribution >= 4 is 0 Å². The predicted molar refractivity (Wildman–Crippen MR) is 71.9 cm³/mol. The maximum atomic E-state index is 10.2. The monoisotopic (exact) mass is 239 g/mol. The predicted octanol–water partition coefficient (Wildman–Crippen LogP) is 2.95. The van der Waals surface area contributed by atoms with E-state index in [1.807, 2.05) is 0 Å². The van der Waals surface area contributed by atoms with E-state index in [1.54, 1.807) is 0 Å². The normalized spacial score (nSPS) is 32.5. The standard InChI is InChI=1S/C15H29NO/c1-15(2,3)12-6-4-11(5-7-12)14(17)10-16-13-8-9-13/h11-14,16-17H,4-10H2,1-3H3. The van der Waals surface area contributed by atoms with Gasteiger partial charge in [0.25, 0.3) is 0 Å². The summed E-state index contributed by atoms with van der Waals surface area (Å²) in [6.07, 6.45) is 7.54. The molecule has 2 saturated carbocycles. The molecule has 100 valence electrons. The molecule has 2 fully saturated rings. The summed E-state index contributed by atoms with van der Waals surface area (Å²) < 4.78 is 0. The van der Waals surface area contributed by atoms with E-state index >= 15 is 0 Å². The first-order chi connectivity index (χ1) is 7.97. The summed E-state index contributed by atoms with van der Waals surface area (Å²) in [4.78, 5) is 0. The highest BCUT2D eigenvalue weighted by Gasteiger charge is 2.32. The number of aliphatic hydroxyl groups is 1. The molecule has 2 heteroatoms. The Morgan fingerprint density at radius 3 is 2.12 bits per heavy atom. The largest absolute Gasteiger partial charge is 0.392 e. The van der Waals surface area contributed by atoms with Gasteiger partial charge in [0.1, 0.15) is 0 Å². The highest BCUT2D eigenvalue weighted by atomic mass is 16.3. The summed E-state index contributed by atoms with van der Waals surface area (Å²) >= 11 is 0. The van der Waals surface area contributed by atoms with Crippen LogP contribution in [0.15, 0.2) is 0 Å². The first-order valence-corrected chi connectivity index (χ1v) is 7.38. The Labute approximate surface area is 106 Å². The van der Waals surface area contributed by atoms with Gasteiger partial charge in [0.2, 0.25) is 0 Å². The van der Waals surface area contributed by atoms with Crippen molar-refractivity contribution in [2.45, 2.75) is 71.4 Å². The second kappa shape index (κ2) is 5.27. The summed E-state index contributed by atoms with van der Waals surface area (Å²) in [5.41, 5.74) is 0.447. The molecule has 0 aromatic carbocycles. The minimum absolute atomic E-state index is 0.114. The smallest absolute Gasteiger partial charge is 0.0692 e. The molecule has 0 bridgehead atoms. The highest BCUT2D eigenvalue weighted by Crippen LogP contribution is 2.40. The van der Waals surface area contributed by atoms with Crippen molar-refractivity contribution in [3.63, 3.8) is 0 Å². The third-order valence-corrected chi connectivity index (χ3v) is 4.73. The average molecular weight is 239 g/mol. The number of aliphatic hydroxyl groups excluding tert-OH is 1. The molecule has 1 atom stereocenters. The molecular weight excluding hydrogens is 210 g/mol. The van der Waals surface area contributed by atoms with Crippen LogP contribution >= 0.6 is 0 Å². The molecule has 0 saturated heterocycles. The van der Waals surface area contributed by atoms with Crippen LogP contribution in [-0.4, -0.2) is 23.8 Å². The first-order valence-electron chi connectivity index (χ1n) is 7.38. The van der Waals surface area contributed by atoms with Gasteiger partial charge in [-0.15, -0.1) is 0 Å². The molecule has 2 nitrogen and oxygen atoms in total. The lowest BCUT2D eigenvalue weighted by Crippen LogP contribution is -2.37. The molecule has 2 aliphatic carbocycles. The van der Waals surface area contributed by atoms with Crippen molar-refractivity contribution in [2.75, 3.05) is 6.54 Å². The fourth-order valence-electron chi connectivity index (χ4n) is 3.11. The van der Waals surface area contributed by atoms with Crippen molar-refractivity contribution < 1.29 is 5.11 Å². The van der Waals surface area contributed by atoms with Gasteiger partial charge in [0.15, 0.2) is 0 Å². The third kappa shape index (κ3) is 3.96. The SMILES string of the molecule is CC(C)(C)C1CCC(C(O)CNC2CC2)CC1. The molecule has 0 aliphatic heterocycles. The Hall–Kier alpha value is -0.0800. The zero-order chi connectivity index (χ0) is 12.5. The Kier molecular flexibility index (Phi) is 4.14. The Balaban J connectivity index is 1.70. The summed E-state index contributed by atoms with van der Waals surface area (Å²) in [5.74, 6) is 1.39.